The molecule has 0 N–H and O–H groups in total. The first-order valence-corrected chi connectivity index (χ1v) is 12.7. The third-order valence-corrected chi connectivity index (χ3v) is 7.57. The van der Waals surface area contributed by atoms with Gasteiger partial charge >= 0.3 is 0 Å². The van der Waals surface area contributed by atoms with E-state index in [1.807, 2.05) is 59.5 Å². The van der Waals surface area contributed by atoms with Crippen LogP contribution in [0, 0.1) is 0 Å². The van der Waals surface area contributed by atoms with Gasteiger partial charge in [-0.2, -0.15) is 0 Å². The molecule has 9 heteroatoms. The van der Waals surface area contributed by atoms with E-state index in [1.165, 1.54) is 11.8 Å². The van der Waals surface area contributed by atoms with Crippen molar-refractivity contribution >= 4 is 35.1 Å². The Labute approximate surface area is 204 Å². The lowest BCUT2D eigenvalue weighted by Crippen LogP contribution is -2.39. The lowest BCUT2D eigenvalue weighted by Gasteiger charge is -2.37. The first-order chi connectivity index (χ1) is 16.8. The SMILES string of the molecule is O=C(CSc1nnc(-c2ccc3c(c2)OCO3)o1)N1c2ccccc2SC[C@@H]1c1ccccc1. The van der Waals surface area contributed by atoms with Crippen LogP contribution in [-0.4, -0.2) is 34.4 Å². The minimum absolute atomic E-state index is 0.00516. The van der Waals surface area contributed by atoms with Gasteiger partial charge in [0.2, 0.25) is 18.6 Å². The van der Waals surface area contributed by atoms with Crippen LogP contribution in [-0.2, 0) is 4.79 Å². The zero-order valence-corrected chi connectivity index (χ0v) is 19.6. The van der Waals surface area contributed by atoms with Crippen molar-refractivity contribution in [2.24, 2.45) is 0 Å². The molecule has 34 heavy (non-hydrogen) atoms. The summed E-state index contributed by atoms with van der Waals surface area (Å²) in [6.45, 7) is 0.202. The molecule has 3 heterocycles. The van der Waals surface area contributed by atoms with E-state index in [4.69, 9.17) is 13.9 Å². The summed E-state index contributed by atoms with van der Waals surface area (Å²) >= 11 is 3.02. The van der Waals surface area contributed by atoms with Crippen molar-refractivity contribution in [3.05, 3.63) is 78.4 Å². The molecule has 6 rings (SSSR count). The Kier molecular flexibility index (Phi) is 5.64. The maximum atomic E-state index is 13.5. The average Bonchev–Trinajstić information content (AvgIpc) is 3.56. The average molecular weight is 490 g/mol. The number of thioether (sulfide) groups is 2. The van der Waals surface area contributed by atoms with Gasteiger partial charge in [-0.05, 0) is 35.9 Å². The fourth-order valence-electron chi connectivity index (χ4n) is 4.03. The largest absolute Gasteiger partial charge is 0.454 e. The molecule has 0 unspecified atom stereocenters. The second-order valence-electron chi connectivity index (χ2n) is 7.70. The number of nitrogens with zero attached hydrogens (tertiary/aromatic N) is 3. The van der Waals surface area contributed by atoms with Gasteiger partial charge in [-0.1, -0.05) is 54.2 Å². The minimum Gasteiger partial charge on any atom is -0.454 e. The van der Waals surface area contributed by atoms with Crippen LogP contribution in [0.2, 0.25) is 0 Å². The van der Waals surface area contributed by atoms with Crippen molar-refractivity contribution in [1.82, 2.24) is 10.2 Å². The van der Waals surface area contributed by atoms with Crippen LogP contribution in [0.3, 0.4) is 0 Å². The van der Waals surface area contributed by atoms with Gasteiger partial charge in [0.05, 0.1) is 17.5 Å². The molecule has 0 aliphatic carbocycles. The molecule has 3 aromatic carbocycles. The van der Waals surface area contributed by atoms with E-state index in [0.29, 0.717) is 22.6 Å². The summed E-state index contributed by atoms with van der Waals surface area (Å²) in [5.74, 6) is 2.69. The first-order valence-electron chi connectivity index (χ1n) is 10.7. The smallest absolute Gasteiger partial charge is 0.277 e. The number of rotatable bonds is 5. The number of carbonyl (C=O) groups is 1. The van der Waals surface area contributed by atoms with Crippen LogP contribution in [0.25, 0.3) is 11.5 Å². The van der Waals surface area contributed by atoms with E-state index in [-0.39, 0.29) is 24.5 Å². The van der Waals surface area contributed by atoms with Gasteiger partial charge in [-0.25, -0.2) is 0 Å². The molecule has 7 nitrogen and oxygen atoms in total. The molecular weight excluding hydrogens is 470 g/mol. The van der Waals surface area contributed by atoms with Gasteiger partial charge in [-0.15, -0.1) is 22.0 Å². The second kappa shape index (κ2) is 9.08. The highest BCUT2D eigenvalue weighted by Gasteiger charge is 2.32. The Morgan fingerprint density at radius 2 is 1.82 bits per heavy atom. The highest BCUT2D eigenvalue weighted by Crippen LogP contribution is 2.43. The molecule has 0 saturated carbocycles. The molecule has 1 atom stereocenters. The standard InChI is InChI=1S/C25H19N3O4S2/c29-23(14-34-25-27-26-24(32-25)17-10-11-20-21(12-17)31-15-30-20)28-18-8-4-5-9-22(18)33-13-19(28)16-6-2-1-3-7-16/h1-12,19H,13-15H2/t19-/m1/s1. The van der Waals surface area contributed by atoms with Gasteiger partial charge in [0.1, 0.15) is 0 Å². The minimum atomic E-state index is -0.0407. The summed E-state index contributed by atoms with van der Waals surface area (Å²) in [7, 11) is 0. The zero-order chi connectivity index (χ0) is 22.9. The van der Waals surface area contributed by atoms with Crippen molar-refractivity contribution < 1.29 is 18.7 Å². The molecule has 0 spiro atoms. The summed E-state index contributed by atoms with van der Waals surface area (Å²) in [5, 5.41) is 8.61. The fourth-order valence-corrected chi connectivity index (χ4v) is 5.82. The Balaban J connectivity index is 1.21. The fraction of sp³-hybridized carbons (Fsp3) is 0.160. The monoisotopic (exact) mass is 489 g/mol. The van der Waals surface area contributed by atoms with Crippen LogP contribution in [0.1, 0.15) is 11.6 Å². The third-order valence-electron chi connectivity index (χ3n) is 5.63. The number of para-hydroxylation sites is 1. The highest BCUT2D eigenvalue weighted by atomic mass is 32.2. The lowest BCUT2D eigenvalue weighted by molar-refractivity contribution is -0.116. The van der Waals surface area contributed by atoms with Crippen LogP contribution >= 0.6 is 23.5 Å². The van der Waals surface area contributed by atoms with Crippen molar-refractivity contribution in [1.29, 1.82) is 0 Å². The first kappa shape index (κ1) is 21.1. The van der Waals surface area contributed by atoms with Crippen molar-refractivity contribution in [2.45, 2.75) is 16.2 Å². The van der Waals surface area contributed by atoms with Crippen LogP contribution in [0.15, 0.2) is 87.3 Å². The molecule has 2 aliphatic heterocycles. The summed E-state index contributed by atoms with van der Waals surface area (Å²) < 4.78 is 16.6. The number of ether oxygens (including phenoxy) is 2. The number of fused-ring (bicyclic) bond motifs is 2. The Morgan fingerprint density at radius 3 is 2.74 bits per heavy atom. The van der Waals surface area contributed by atoms with E-state index in [9.17, 15) is 4.79 Å². The normalized spacial score (nSPS) is 16.4. The molecule has 0 radical (unpaired) electrons. The number of hydrogen-bond acceptors (Lipinski definition) is 8. The molecular formula is C25H19N3O4S2. The number of benzene rings is 3. The number of carbonyl (C=O) groups excluding carboxylic acids is 1. The number of hydrogen-bond donors (Lipinski definition) is 0. The maximum absolute atomic E-state index is 13.5. The molecule has 0 saturated heterocycles. The molecule has 0 bridgehead atoms. The van der Waals surface area contributed by atoms with E-state index in [0.717, 1.165) is 27.5 Å². The Hall–Kier alpha value is -3.43. The quantitative estimate of drug-likeness (QED) is 0.343. The number of amides is 1. The Bertz CT molecular complexity index is 1350. The van der Waals surface area contributed by atoms with Gasteiger partial charge in [0.25, 0.3) is 5.22 Å². The number of aromatic nitrogens is 2. The maximum Gasteiger partial charge on any atom is 0.277 e. The summed E-state index contributed by atoms with van der Waals surface area (Å²) in [6.07, 6.45) is 0. The third kappa shape index (κ3) is 4.01. The summed E-state index contributed by atoms with van der Waals surface area (Å²) in [5.41, 5.74) is 2.79. The Morgan fingerprint density at radius 1 is 1.00 bits per heavy atom. The highest BCUT2D eigenvalue weighted by molar-refractivity contribution is 8.00. The van der Waals surface area contributed by atoms with Gasteiger partial charge in [-0.3, -0.25) is 4.79 Å². The molecule has 4 aromatic rings. The predicted octanol–water partition coefficient (Wildman–Crippen LogP) is 5.44. The number of anilines is 1. The zero-order valence-electron chi connectivity index (χ0n) is 17.9. The predicted molar refractivity (Wildman–Crippen MR) is 130 cm³/mol. The van der Waals surface area contributed by atoms with Gasteiger partial charge in [0, 0.05) is 16.2 Å². The van der Waals surface area contributed by atoms with E-state index in [2.05, 4.69) is 28.4 Å². The van der Waals surface area contributed by atoms with Crippen molar-refractivity contribution in [3.63, 3.8) is 0 Å². The van der Waals surface area contributed by atoms with E-state index in [1.54, 1.807) is 11.8 Å². The van der Waals surface area contributed by atoms with E-state index >= 15 is 0 Å². The van der Waals surface area contributed by atoms with Crippen LogP contribution in [0.5, 0.6) is 11.5 Å². The topological polar surface area (TPSA) is 77.7 Å². The van der Waals surface area contributed by atoms with Crippen LogP contribution in [0.4, 0.5) is 5.69 Å². The molecule has 2 aliphatic rings. The summed E-state index contributed by atoms with van der Waals surface area (Å²) in [6, 6.07) is 23.6. The molecule has 1 amide bonds. The van der Waals surface area contributed by atoms with Crippen molar-refractivity contribution in [2.75, 3.05) is 23.2 Å². The second-order valence-corrected chi connectivity index (χ2v) is 9.69. The molecule has 1 aromatic heterocycles. The van der Waals surface area contributed by atoms with Crippen molar-refractivity contribution in [3.8, 4) is 23.0 Å². The van der Waals surface area contributed by atoms with Gasteiger partial charge < -0.3 is 18.8 Å². The molecule has 0 fully saturated rings. The lowest BCUT2D eigenvalue weighted by atomic mass is 10.1. The van der Waals surface area contributed by atoms with Crippen LogP contribution < -0.4 is 14.4 Å². The summed E-state index contributed by atoms with van der Waals surface area (Å²) in [4.78, 5) is 16.5. The van der Waals surface area contributed by atoms with E-state index < -0.39 is 0 Å². The molecule has 170 valence electrons. The van der Waals surface area contributed by atoms with Gasteiger partial charge in [0.15, 0.2) is 11.5 Å².